The third-order valence-electron chi connectivity index (χ3n) is 5.10. The van der Waals surface area contributed by atoms with Crippen LogP contribution < -0.4 is 5.32 Å². The lowest BCUT2D eigenvalue weighted by molar-refractivity contribution is 0.191. The molecule has 0 atom stereocenters. The maximum absolute atomic E-state index is 9.28. The first-order chi connectivity index (χ1) is 15.7. The van der Waals surface area contributed by atoms with Crippen molar-refractivity contribution in [2.75, 3.05) is 25.6 Å². The molecule has 0 radical (unpaired) electrons. The second kappa shape index (κ2) is 10.2. The number of anilines is 1. The molecule has 0 saturated heterocycles. The summed E-state index contributed by atoms with van der Waals surface area (Å²) in [4.78, 5) is 13.9. The van der Waals surface area contributed by atoms with Crippen LogP contribution in [0, 0.1) is 11.3 Å². The molecule has 0 saturated carbocycles. The highest BCUT2D eigenvalue weighted by Gasteiger charge is 2.15. The zero-order valence-corrected chi connectivity index (χ0v) is 18.5. The van der Waals surface area contributed by atoms with Gasteiger partial charge in [0, 0.05) is 37.4 Å². The summed E-state index contributed by atoms with van der Waals surface area (Å²) in [7, 11) is 1.69. The van der Waals surface area contributed by atoms with Crippen LogP contribution in [0.5, 0.6) is 0 Å². The summed E-state index contributed by atoms with van der Waals surface area (Å²) < 4.78 is 7.29. The number of fused-ring (bicyclic) bond motifs is 1. The van der Waals surface area contributed by atoms with E-state index >= 15 is 0 Å². The molecule has 4 rings (SSSR count). The molecule has 0 fully saturated rings. The highest BCUT2D eigenvalue weighted by Crippen LogP contribution is 2.25. The molecule has 0 unspecified atom stereocenters. The monoisotopic (exact) mass is 446 g/mol. The fourth-order valence-electron chi connectivity index (χ4n) is 3.54. The van der Waals surface area contributed by atoms with Crippen molar-refractivity contribution in [2.24, 2.45) is 0 Å². The van der Waals surface area contributed by atoms with Crippen molar-refractivity contribution in [1.29, 1.82) is 5.26 Å². The predicted molar refractivity (Wildman–Crippen MR) is 126 cm³/mol. The molecule has 4 aromatic rings. The number of imidazole rings is 1. The van der Waals surface area contributed by atoms with Gasteiger partial charge >= 0.3 is 0 Å². The van der Waals surface area contributed by atoms with Gasteiger partial charge in [-0.15, -0.1) is 0 Å². The zero-order valence-electron chi connectivity index (χ0n) is 17.8. The van der Waals surface area contributed by atoms with E-state index < -0.39 is 0 Å². The maximum Gasteiger partial charge on any atom is 0.224 e. The largest absolute Gasteiger partial charge is 0.385 e. The Morgan fingerprint density at radius 3 is 2.84 bits per heavy atom. The number of methoxy groups -OCH3 is 1. The quantitative estimate of drug-likeness (QED) is 0.374. The van der Waals surface area contributed by atoms with Crippen molar-refractivity contribution in [3.63, 3.8) is 0 Å². The minimum Gasteiger partial charge on any atom is -0.385 e. The molecule has 2 aromatic heterocycles. The highest BCUT2D eigenvalue weighted by molar-refractivity contribution is 6.31. The fraction of sp³-hybridized carbons (Fsp3) is 0.250. The minimum atomic E-state index is 0.537. The van der Waals surface area contributed by atoms with Gasteiger partial charge in [-0.3, -0.25) is 0 Å². The molecule has 0 aliphatic heterocycles. The van der Waals surface area contributed by atoms with E-state index in [-0.39, 0.29) is 0 Å². The van der Waals surface area contributed by atoms with Gasteiger partial charge in [0.25, 0.3) is 0 Å². The van der Waals surface area contributed by atoms with Crippen molar-refractivity contribution in [2.45, 2.75) is 19.4 Å². The van der Waals surface area contributed by atoms with Crippen LogP contribution in [0.25, 0.3) is 22.6 Å². The molecule has 0 bridgehead atoms. The number of nitrogens with one attached hydrogen (secondary N) is 1. The lowest BCUT2D eigenvalue weighted by atomic mass is 10.1. The molecule has 0 spiro atoms. The lowest BCUT2D eigenvalue weighted by Crippen LogP contribution is -2.09. The van der Waals surface area contributed by atoms with Crippen molar-refractivity contribution in [3.05, 3.63) is 70.9 Å². The van der Waals surface area contributed by atoms with Crippen LogP contribution in [-0.4, -0.2) is 39.8 Å². The smallest absolute Gasteiger partial charge is 0.224 e. The molecule has 2 aromatic carbocycles. The summed E-state index contributed by atoms with van der Waals surface area (Å²) >= 11 is 6.25. The average Bonchev–Trinajstić information content (AvgIpc) is 3.18. The number of benzene rings is 2. The number of hydrogen-bond acceptors (Lipinski definition) is 6. The first-order valence-corrected chi connectivity index (χ1v) is 10.8. The van der Waals surface area contributed by atoms with Gasteiger partial charge in [0.1, 0.15) is 11.3 Å². The predicted octanol–water partition coefficient (Wildman–Crippen LogP) is 4.71. The molecular weight excluding hydrogens is 424 g/mol. The fourth-order valence-corrected chi connectivity index (χ4v) is 3.77. The van der Waals surface area contributed by atoms with Gasteiger partial charge in [-0.2, -0.15) is 10.2 Å². The second-order valence-corrected chi connectivity index (χ2v) is 7.70. The Labute approximate surface area is 191 Å². The maximum atomic E-state index is 9.28. The second-order valence-electron chi connectivity index (χ2n) is 7.30. The van der Waals surface area contributed by atoms with Crippen LogP contribution in [-0.2, 0) is 17.7 Å². The Morgan fingerprint density at radius 1 is 1.16 bits per heavy atom. The number of hydrogen-bond donors (Lipinski definition) is 1. The van der Waals surface area contributed by atoms with Crippen LogP contribution in [0.4, 0.5) is 5.95 Å². The Kier molecular flexibility index (Phi) is 6.95. The topological polar surface area (TPSA) is 88.7 Å². The van der Waals surface area contributed by atoms with E-state index in [0.717, 1.165) is 40.5 Å². The van der Waals surface area contributed by atoms with Crippen LogP contribution in [0.15, 0.2) is 54.7 Å². The summed E-state index contributed by atoms with van der Waals surface area (Å²) in [5.41, 5.74) is 3.98. The van der Waals surface area contributed by atoms with Gasteiger partial charge in [0.2, 0.25) is 5.95 Å². The molecule has 162 valence electrons. The molecule has 0 aliphatic rings. The van der Waals surface area contributed by atoms with Crippen LogP contribution >= 0.6 is 11.6 Å². The van der Waals surface area contributed by atoms with Crippen molar-refractivity contribution in [3.8, 4) is 17.5 Å². The number of ether oxygens (including phenoxy) is 1. The SMILES string of the molecule is COCCCn1c(-c2cccc(C#N)c2)nc2cnc(NCCc3ccccc3Cl)nc21. The first kappa shape index (κ1) is 21.8. The zero-order chi connectivity index (χ0) is 22.3. The summed E-state index contributed by atoms with van der Waals surface area (Å²) in [6.07, 6.45) is 3.30. The molecule has 2 heterocycles. The van der Waals surface area contributed by atoms with Crippen LogP contribution in [0.1, 0.15) is 17.5 Å². The van der Waals surface area contributed by atoms with Gasteiger partial charge in [0.05, 0.1) is 17.8 Å². The third kappa shape index (κ3) is 4.88. The lowest BCUT2D eigenvalue weighted by Gasteiger charge is -2.10. The number of rotatable bonds is 9. The summed E-state index contributed by atoms with van der Waals surface area (Å²) in [6, 6.07) is 17.4. The number of nitrogens with zero attached hydrogens (tertiary/aromatic N) is 5. The van der Waals surface area contributed by atoms with E-state index in [1.807, 2.05) is 42.5 Å². The van der Waals surface area contributed by atoms with E-state index in [1.165, 1.54) is 0 Å². The van der Waals surface area contributed by atoms with Crippen molar-refractivity contribution >= 4 is 28.7 Å². The summed E-state index contributed by atoms with van der Waals surface area (Å²) in [5, 5.41) is 13.3. The Balaban J connectivity index is 1.62. The molecule has 0 aliphatic carbocycles. The number of aryl methyl sites for hydroxylation is 1. The molecular formula is C24H23ClN6O. The minimum absolute atomic E-state index is 0.537. The van der Waals surface area contributed by atoms with E-state index in [9.17, 15) is 5.26 Å². The number of nitriles is 1. The average molecular weight is 447 g/mol. The summed E-state index contributed by atoms with van der Waals surface area (Å²) in [6.45, 7) is 1.97. The van der Waals surface area contributed by atoms with Crippen molar-refractivity contribution in [1.82, 2.24) is 19.5 Å². The van der Waals surface area contributed by atoms with Gasteiger partial charge in [-0.05, 0) is 36.6 Å². The molecule has 0 amide bonds. The molecule has 1 N–H and O–H groups in total. The van der Waals surface area contributed by atoms with Crippen LogP contribution in [0.3, 0.4) is 0 Å². The number of halogens is 1. The highest BCUT2D eigenvalue weighted by atomic mass is 35.5. The van der Waals surface area contributed by atoms with E-state index in [0.29, 0.717) is 36.7 Å². The molecule has 32 heavy (non-hydrogen) atoms. The molecule has 7 nitrogen and oxygen atoms in total. The first-order valence-electron chi connectivity index (χ1n) is 10.4. The Hall–Kier alpha value is -3.47. The number of aromatic nitrogens is 4. The van der Waals surface area contributed by atoms with E-state index in [2.05, 4.69) is 20.9 Å². The van der Waals surface area contributed by atoms with Gasteiger partial charge in [-0.25, -0.2) is 9.97 Å². The van der Waals surface area contributed by atoms with Gasteiger partial charge in [-0.1, -0.05) is 41.9 Å². The Bertz CT molecular complexity index is 1260. The Morgan fingerprint density at radius 2 is 2.03 bits per heavy atom. The third-order valence-corrected chi connectivity index (χ3v) is 5.47. The van der Waals surface area contributed by atoms with Gasteiger partial charge in [0.15, 0.2) is 5.65 Å². The summed E-state index contributed by atoms with van der Waals surface area (Å²) in [5.74, 6) is 1.30. The standard InChI is InChI=1S/C24H23ClN6O/c1-32-13-5-12-31-22(19-8-4-6-17(14-19)15-26)29-21-16-28-24(30-23(21)31)27-11-10-18-7-2-3-9-20(18)25/h2-4,6-9,14,16H,5,10-13H2,1H3,(H,27,28,30). The normalized spacial score (nSPS) is 10.9. The van der Waals surface area contributed by atoms with E-state index in [1.54, 1.807) is 19.4 Å². The van der Waals surface area contributed by atoms with Crippen molar-refractivity contribution < 1.29 is 4.74 Å². The van der Waals surface area contributed by atoms with E-state index in [4.69, 9.17) is 26.3 Å². The van der Waals surface area contributed by atoms with Gasteiger partial charge < -0.3 is 14.6 Å². The van der Waals surface area contributed by atoms with Crippen LogP contribution in [0.2, 0.25) is 5.02 Å². The molecule has 8 heteroatoms.